The third-order valence-electron chi connectivity index (χ3n) is 3.49. The number of ether oxygens (including phenoxy) is 1. The lowest BCUT2D eigenvalue weighted by molar-refractivity contribution is 0.403. The van der Waals surface area contributed by atoms with Gasteiger partial charge in [-0.25, -0.2) is 22.0 Å². The molecule has 2 rings (SSSR count). The summed E-state index contributed by atoms with van der Waals surface area (Å²) in [5.74, 6) is 0.172. The molecule has 10 heteroatoms. The molecule has 0 aliphatic rings. The molecule has 2 aromatic carbocycles. The summed E-state index contributed by atoms with van der Waals surface area (Å²) in [6, 6.07) is 10.1. The van der Waals surface area contributed by atoms with E-state index in [-0.39, 0.29) is 21.2 Å². The molecule has 0 bridgehead atoms. The topological polar surface area (TPSA) is 128 Å². The van der Waals surface area contributed by atoms with Crippen LogP contribution < -0.4 is 19.9 Å². The van der Waals surface area contributed by atoms with E-state index in [0.29, 0.717) is 12.2 Å². The van der Waals surface area contributed by atoms with Crippen molar-refractivity contribution < 1.29 is 21.6 Å². The Morgan fingerprint density at radius 1 is 1.04 bits per heavy atom. The van der Waals surface area contributed by atoms with Crippen molar-refractivity contribution in [2.75, 3.05) is 23.7 Å². The van der Waals surface area contributed by atoms with Gasteiger partial charge in [-0.2, -0.15) is 0 Å². The van der Waals surface area contributed by atoms with Gasteiger partial charge in [0.2, 0.25) is 10.0 Å². The van der Waals surface area contributed by atoms with E-state index in [1.165, 1.54) is 37.4 Å². The van der Waals surface area contributed by atoms with Crippen LogP contribution in [0, 0.1) is 0 Å². The van der Waals surface area contributed by atoms with Gasteiger partial charge in [-0.3, -0.25) is 4.72 Å². The molecule has 0 spiro atoms. The lowest BCUT2D eigenvalue weighted by Crippen LogP contribution is -2.17. The molecule has 0 aliphatic carbocycles. The monoisotopic (exact) mass is 399 g/mol. The molecule has 26 heavy (non-hydrogen) atoms. The summed E-state index contributed by atoms with van der Waals surface area (Å²) >= 11 is 0. The first kappa shape index (κ1) is 20.0. The fraction of sp³-hybridized carbons (Fsp3) is 0.250. The molecule has 0 heterocycles. The second-order valence-electron chi connectivity index (χ2n) is 5.44. The number of anilines is 2. The van der Waals surface area contributed by atoms with E-state index in [0.717, 1.165) is 6.42 Å². The van der Waals surface area contributed by atoms with E-state index in [1.807, 2.05) is 6.92 Å². The quantitative estimate of drug-likeness (QED) is 0.623. The van der Waals surface area contributed by atoms with E-state index in [4.69, 9.17) is 9.88 Å². The number of sulfonamides is 2. The molecule has 0 atom stereocenters. The molecule has 0 amide bonds. The Morgan fingerprint density at radius 2 is 1.73 bits per heavy atom. The molecule has 0 saturated carbocycles. The maximum atomic E-state index is 12.8. The molecule has 142 valence electrons. The van der Waals surface area contributed by atoms with Crippen molar-refractivity contribution in [3.63, 3.8) is 0 Å². The largest absolute Gasteiger partial charge is 0.495 e. The first-order valence-electron chi connectivity index (χ1n) is 7.75. The number of primary sulfonamides is 1. The minimum Gasteiger partial charge on any atom is -0.495 e. The highest BCUT2D eigenvalue weighted by molar-refractivity contribution is 7.92. The van der Waals surface area contributed by atoms with Crippen molar-refractivity contribution in [2.45, 2.75) is 23.1 Å². The van der Waals surface area contributed by atoms with E-state index in [1.54, 1.807) is 12.1 Å². The standard InChI is InChI=1S/C16H21N3O5S2/c1-3-10-18-13-9-8-12(25(17,20)21)11-14(13)19-26(22,23)16-7-5-4-6-15(16)24-2/h4-9,11,18-19H,3,10H2,1-2H3,(H2,17,20,21). The minimum atomic E-state index is -4.02. The zero-order chi connectivity index (χ0) is 19.4. The highest BCUT2D eigenvalue weighted by atomic mass is 32.2. The molecule has 0 saturated heterocycles. The van der Waals surface area contributed by atoms with E-state index >= 15 is 0 Å². The number of benzene rings is 2. The number of nitrogens with two attached hydrogens (primary N) is 1. The molecule has 0 aliphatic heterocycles. The molecule has 2 aromatic rings. The second-order valence-corrected chi connectivity index (χ2v) is 8.65. The van der Waals surface area contributed by atoms with Crippen LogP contribution in [0.1, 0.15) is 13.3 Å². The molecular formula is C16H21N3O5S2. The lowest BCUT2D eigenvalue weighted by Gasteiger charge is -2.16. The van der Waals surface area contributed by atoms with Gasteiger partial charge in [-0.1, -0.05) is 19.1 Å². The zero-order valence-electron chi connectivity index (χ0n) is 14.4. The lowest BCUT2D eigenvalue weighted by atomic mass is 10.2. The third-order valence-corrected chi connectivity index (χ3v) is 5.80. The molecule has 0 aromatic heterocycles. The third kappa shape index (κ3) is 4.65. The average Bonchev–Trinajstić information content (AvgIpc) is 2.59. The molecular weight excluding hydrogens is 378 g/mol. The van der Waals surface area contributed by atoms with Crippen LogP contribution in [0.5, 0.6) is 5.75 Å². The molecule has 0 radical (unpaired) electrons. The Morgan fingerprint density at radius 3 is 2.35 bits per heavy atom. The fourth-order valence-electron chi connectivity index (χ4n) is 2.24. The van der Waals surface area contributed by atoms with Crippen LogP contribution in [-0.2, 0) is 20.0 Å². The SMILES string of the molecule is CCCNc1ccc(S(N)(=O)=O)cc1NS(=O)(=O)c1ccccc1OC. The van der Waals surface area contributed by atoms with Crippen molar-refractivity contribution in [2.24, 2.45) is 5.14 Å². The van der Waals surface area contributed by atoms with Gasteiger partial charge in [0.15, 0.2) is 0 Å². The molecule has 4 N–H and O–H groups in total. The predicted octanol–water partition coefficient (Wildman–Crippen LogP) is 1.97. The summed E-state index contributed by atoms with van der Waals surface area (Å²) in [5, 5.41) is 8.20. The van der Waals surface area contributed by atoms with Crippen LogP contribution in [0.25, 0.3) is 0 Å². The van der Waals surface area contributed by atoms with Gasteiger partial charge >= 0.3 is 0 Å². The van der Waals surface area contributed by atoms with Gasteiger partial charge in [-0.15, -0.1) is 0 Å². The maximum Gasteiger partial charge on any atom is 0.265 e. The van der Waals surface area contributed by atoms with Crippen molar-refractivity contribution >= 4 is 31.4 Å². The van der Waals surface area contributed by atoms with E-state index in [2.05, 4.69) is 10.0 Å². The van der Waals surface area contributed by atoms with Crippen LogP contribution in [-0.4, -0.2) is 30.5 Å². The number of rotatable bonds is 8. The maximum absolute atomic E-state index is 12.8. The summed E-state index contributed by atoms with van der Waals surface area (Å²) in [5.41, 5.74) is 0.522. The Balaban J connectivity index is 2.51. The summed E-state index contributed by atoms with van der Waals surface area (Å²) in [6.07, 6.45) is 0.801. The highest BCUT2D eigenvalue weighted by Gasteiger charge is 2.21. The molecule has 0 fully saturated rings. The highest BCUT2D eigenvalue weighted by Crippen LogP contribution is 2.30. The van der Waals surface area contributed by atoms with E-state index in [9.17, 15) is 16.8 Å². The van der Waals surface area contributed by atoms with E-state index < -0.39 is 20.0 Å². The van der Waals surface area contributed by atoms with Crippen LogP contribution in [0.3, 0.4) is 0 Å². The Kier molecular flexibility index (Phi) is 6.11. The molecule has 0 unspecified atom stereocenters. The molecule has 8 nitrogen and oxygen atoms in total. The first-order chi connectivity index (χ1) is 12.2. The summed E-state index contributed by atoms with van der Waals surface area (Å²) in [4.78, 5) is -0.262. The predicted molar refractivity (Wildman–Crippen MR) is 100 cm³/mol. The van der Waals surface area contributed by atoms with Crippen molar-refractivity contribution in [1.29, 1.82) is 0 Å². The second kappa shape index (κ2) is 7.94. The Labute approximate surface area is 153 Å². The fourth-order valence-corrected chi connectivity index (χ4v) is 4.02. The minimum absolute atomic E-state index is 0.0649. The Hall–Kier alpha value is -2.30. The van der Waals surface area contributed by atoms with Crippen LogP contribution >= 0.6 is 0 Å². The number of hydrogen-bond acceptors (Lipinski definition) is 6. The Bertz CT molecular complexity index is 989. The van der Waals surface area contributed by atoms with Crippen molar-refractivity contribution in [1.82, 2.24) is 0 Å². The first-order valence-corrected chi connectivity index (χ1v) is 10.8. The normalized spacial score (nSPS) is 11.8. The number of para-hydroxylation sites is 1. The number of hydrogen-bond donors (Lipinski definition) is 3. The van der Waals surface area contributed by atoms with Gasteiger partial charge in [0.05, 0.1) is 23.4 Å². The van der Waals surface area contributed by atoms with Crippen molar-refractivity contribution in [3.8, 4) is 5.75 Å². The van der Waals surface area contributed by atoms with Crippen molar-refractivity contribution in [3.05, 3.63) is 42.5 Å². The summed E-state index contributed by atoms with van der Waals surface area (Å²) < 4.78 is 56.3. The average molecular weight is 399 g/mol. The number of nitrogens with one attached hydrogen (secondary N) is 2. The van der Waals surface area contributed by atoms with Gasteiger partial charge in [-0.05, 0) is 36.8 Å². The van der Waals surface area contributed by atoms with Gasteiger partial charge in [0.25, 0.3) is 10.0 Å². The van der Waals surface area contributed by atoms with Gasteiger partial charge in [0, 0.05) is 6.54 Å². The van der Waals surface area contributed by atoms with Crippen LogP contribution in [0.15, 0.2) is 52.3 Å². The summed E-state index contributed by atoms with van der Waals surface area (Å²) in [7, 11) is -6.63. The smallest absolute Gasteiger partial charge is 0.265 e. The number of methoxy groups -OCH3 is 1. The van der Waals surface area contributed by atoms with Crippen LogP contribution in [0.4, 0.5) is 11.4 Å². The van der Waals surface area contributed by atoms with Crippen LogP contribution in [0.2, 0.25) is 0 Å². The zero-order valence-corrected chi connectivity index (χ0v) is 16.0. The van der Waals surface area contributed by atoms with Gasteiger partial charge < -0.3 is 10.1 Å². The van der Waals surface area contributed by atoms with Gasteiger partial charge in [0.1, 0.15) is 10.6 Å². The summed E-state index contributed by atoms with van der Waals surface area (Å²) in [6.45, 7) is 2.53.